The first-order chi connectivity index (χ1) is 16.7. The zero-order chi connectivity index (χ0) is 23.8. The molecule has 0 spiro atoms. The molecule has 0 radical (unpaired) electrons. The molecule has 3 N–H and O–H groups in total. The number of nitrogens with one attached hydrogen (secondary N) is 1. The van der Waals surface area contributed by atoms with E-state index in [-0.39, 0.29) is 19.1 Å². The predicted octanol–water partition coefficient (Wildman–Crippen LogP) is 4.77. The highest BCUT2D eigenvalue weighted by atomic mass is 16.6. The van der Waals surface area contributed by atoms with Gasteiger partial charge in [-0.2, -0.15) is 0 Å². The summed E-state index contributed by atoms with van der Waals surface area (Å²) in [5.74, 6) is -0.520. The summed E-state index contributed by atoms with van der Waals surface area (Å²) in [7, 11) is 0. The van der Waals surface area contributed by atoms with Gasteiger partial charge in [0.05, 0.1) is 0 Å². The highest BCUT2D eigenvalue weighted by Crippen LogP contribution is 2.44. The summed E-state index contributed by atoms with van der Waals surface area (Å²) in [5, 5.41) is 2.71. The molecule has 1 aliphatic carbocycles. The molecule has 6 nitrogen and oxygen atoms in total. The number of nitrogens with two attached hydrogens (primary N) is 1. The van der Waals surface area contributed by atoms with Crippen molar-refractivity contribution in [1.82, 2.24) is 5.32 Å². The van der Waals surface area contributed by atoms with Crippen molar-refractivity contribution in [3.63, 3.8) is 0 Å². The van der Waals surface area contributed by atoms with E-state index in [1.165, 1.54) is 0 Å². The van der Waals surface area contributed by atoms with Crippen molar-refractivity contribution >= 4 is 12.1 Å². The van der Waals surface area contributed by atoms with Gasteiger partial charge in [0, 0.05) is 5.92 Å². The third kappa shape index (κ3) is 5.64. The zero-order valence-electron chi connectivity index (χ0n) is 19.1. The number of hydrogen-bond donors (Lipinski definition) is 2. The van der Waals surface area contributed by atoms with Crippen molar-refractivity contribution in [2.75, 3.05) is 13.2 Å². The van der Waals surface area contributed by atoms with Gasteiger partial charge in [-0.05, 0) is 53.6 Å². The van der Waals surface area contributed by atoms with Gasteiger partial charge in [-0.25, -0.2) is 9.59 Å². The molecule has 0 saturated carbocycles. The van der Waals surface area contributed by atoms with Gasteiger partial charge in [-0.15, -0.1) is 0 Å². The number of carbonyl (C=O) groups is 2. The number of amides is 1. The lowest BCUT2D eigenvalue weighted by molar-refractivity contribution is -0.147. The van der Waals surface area contributed by atoms with Crippen LogP contribution in [-0.4, -0.2) is 31.3 Å². The minimum Gasteiger partial charge on any atom is -0.459 e. The largest absolute Gasteiger partial charge is 0.459 e. The van der Waals surface area contributed by atoms with Crippen molar-refractivity contribution in [3.05, 3.63) is 95.6 Å². The number of carbonyl (C=O) groups excluding carboxylic acids is 2. The topological polar surface area (TPSA) is 90.6 Å². The Balaban J connectivity index is 1.37. The van der Waals surface area contributed by atoms with Gasteiger partial charge in [-0.3, -0.25) is 0 Å². The molecule has 0 aliphatic heterocycles. The lowest BCUT2D eigenvalue weighted by Crippen LogP contribution is -2.42. The van der Waals surface area contributed by atoms with E-state index in [0.29, 0.717) is 19.4 Å². The Morgan fingerprint density at radius 2 is 1.44 bits per heavy atom. The summed E-state index contributed by atoms with van der Waals surface area (Å²) in [6.07, 6.45) is 1.27. The highest BCUT2D eigenvalue weighted by Gasteiger charge is 2.30. The van der Waals surface area contributed by atoms with Crippen LogP contribution in [0.4, 0.5) is 4.79 Å². The Morgan fingerprint density at radius 1 is 0.824 bits per heavy atom. The molecule has 34 heavy (non-hydrogen) atoms. The van der Waals surface area contributed by atoms with Gasteiger partial charge < -0.3 is 20.5 Å². The summed E-state index contributed by atoms with van der Waals surface area (Å²) in [6, 6.07) is 25.0. The first-order valence-corrected chi connectivity index (χ1v) is 11.7. The molecule has 3 aromatic rings. The van der Waals surface area contributed by atoms with E-state index in [1.807, 2.05) is 54.6 Å². The number of rotatable bonds is 10. The molecule has 1 atom stereocenters. The van der Waals surface area contributed by atoms with E-state index in [4.69, 9.17) is 15.2 Å². The Bertz CT molecular complexity index is 1070. The van der Waals surface area contributed by atoms with Crippen molar-refractivity contribution in [1.29, 1.82) is 0 Å². The molecule has 0 aromatic heterocycles. The SMILES string of the molecule is NCCCC[C@@H](NC(=O)OCC1c2ccccc2-c2ccccc21)C(=O)OCc1ccccc1. The fourth-order valence-corrected chi connectivity index (χ4v) is 4.35. The van der Waals surface area contributed by atoms with Crippen molar-refractivity contribution in [2.45, 2.75) is 37.8 Å². The summed E-state index contributed by atoms with van der Waals surface area (Å²) >= 11 is 0. The van der Waals surface area contributed by atoms with Gasteiger partial charge >= 0.3 is 12.1 Å². The van der Waals surface area contributed by atoms with E-state index < -0.39 is 18.1 Å². The lowest BCUT2D eigenvalue weighted by atomic mass is 9.98. The third-order valence-electron chi connectivity index (χ3n) is 6.09. The molecule has 4 rings (SSSR count). The van der Waals surface area contributed by atoms with Crippen molar-refractivity contribution < 1.29 is 19.1 Å². The van der Waals surface area contributed by atoms with E-state index in [0.717, 1.165) is 34.2 Å². The molecular formula is C28H30N2O4. The smallest absolute Gasteiger partial charge is 0.407 e. The first kappa shape index (κ1) is 23.5. The van der Waals surface area contributed by atoms with Crippen LogP contribution in [0.5, 0.6) is 0 Å². The molecule has 0 heterocycles. The number of hydrogen-bond acceptors (Lipinski definition) is 5. The molecule has 3 aromatic carbocycles. The Morgan fingerprint density at radius 3 is 2.09 bits per heavy atom. The molecule has 1 aliphatic rings. The van der Waals surface area contributed by atoms with Gasteiger partial charge in [-0.1, -0.05) is 78.9 Å². The maximum absolute atomic E-state index is 12.7. The van der Waals surface area contributed by atoms with Crippen LogP contribution < -0.4 is 11.1 Å². The quantitative estimate of drug-likeness (QED) is 0.337. The lowest BCUT2D eigenvalue weighted by Gasteiger charge is -2.19. The van der Waals surface area contributed by atoms with Crippen LogP contribution in [0.25, 0.3) is 11.1 Å². The second-order valence-corrected chi connectivity index (χ2v) is 8.40. The Kier molecular flexibility index (Phi) is 7.94. The number of benzene rings is 3. The van der Waals surface area contributed by atoms with Crippen LogP contribution in [0.1, 0.15) is 41.9 Å². The molecular weight excluding hydrogens is 428 g/mol. The average molecular weight is 459 g/mol. The first-order valence-electron chi connectivity index (χ1n) is 11.7. The fourth-order valence-electron chi connectivity index (χ4n) is 4.35. The van der Waals surface area contributed by atoms with E-state index in [9.17, 15) is 9.59 Å². The van der Waals surface area contributed by atoms with Gasteiger partial charge in [0.25, 0.3) is 0 Å². The number of unbranched alkanes of at least 4 members (excludes halogenated alkanes) is 1. The highest BCUT2D eigenvalue weighted by molar-refractivity contribution is 5.82. The van der Waals surface area contributed by atoms with Gasteiger partial charge in [0.15, 0.2) is 0 Å². The van der Waals surface area contributed by atoms with Crippen LogP contribution in [0.2, 0.25) is 0 Å². The number of ether oxygens (including phenoxy) is 2. The monoisotopic (exact) mass is 458 g/mol. The molecule has 176 valence electrons. The average Bonchev–Trinajstić information content (AvgIpc) is 3.20. The summed E-state index contributed by atoms with van der Waals surface area (Å²) < 4.78 is 11.1. The number of esters is 1. The maximum Gasteiger partial charge on any atom is 0.407 e. The van der Waals surface area contributed by atoms with Crippen LogP contribution >= 0.6 is 0 Å². The van der Waals surface area contributed by atoms with Gasteiger partial charge in [0.2, 0.25) is 0 Å². The van der Waals surface area contributed by atoms with E-state index in [2.05, 4.69) is 29.6 Å². The summed E-state index contributed by atoms with van der Waals surface area (Å²) in [6.45, 7) is 0.866. The van der Waals surface area contributed by atoms with Crippen LogP contribution in [-0.2, 0) is 20.9 Å². The zero-order valence-corrected chi connectivity index (χ0v) is 19.1. The second kappa shape index (κ2) is 11.5. The molecule has 0 bridgehead atoms. The molecule has 0 unspecified atom stereocenters. The Labute approximate surface area is 200 Å². The minimum atomic E-state index is -0.786. The summed E-state index contributed by atoms with van der Waals surface area (Å²) in [5.41, 5.74) is 11.1. The standard InChI is InChI=1S/C28H30N2O4/c29-17-9-8-16-26(27(31)33-18-20-10-2-1-3-11-20)30-28(32)34-19-25-23-14-6-4-12-21(23)22-13-5-7-15-24(22)25/h1-7,10-15,25-26H,8-9,16-19,29H2,(H,30,32)/t26-/m1/s1. The molecule has 1 amide bonds. The van der Waals surface area contributed by atoms with Gasteiger partial charge in [0.1, 0.15) is 19.3 Å². The number of fused-ring (bicyclic) bond motifs is 3. The van der Waals surface area contributed by atoms with E-state index >= 15 is 0 Å². The predicted molar refractivity (Wildman–Crippen MR) is 131 cm³/mol. The molecule has 0 fully saturated rings. The van der Waals surface area contributed by atoms with Crippen LogP contribution in [0.15, 0.2) is 78.9 Å². The summed E-state index contributed by atoms with van der Waals surface area (Å²) in [4.78, 5) is 25.4. The second-order valence-electron chi connectivity index (χ2n) is 8.40. The normalized spacial score (nSPS) is 13.0. The fraction of sp³-hybridized carbons (Fsp3) is 0.286. The van der Waals surface area contributed by atoms with Crippen molar-refractivity contribution in [3.8, 4) is 11.1 Å². The molecule has 0 saturated heterocycles. The Hall–Kier alpha value is -3.64. The van der Waals surface area contributed by atoms with E-state index in [1.54, 1.807) is 0 Å². The number of alkyl carbamates (subject to hydrolysis) is 1. The van der Waals surface area contributed by atoms with Crippen LogP contribution in [0.3, 0.4) is 0 Å². The van der Waals surface area contributed by atoms with Crippen molar-refractivity contribution in [2.24, 2.45) is 5.73 Å². The third-order valence-corrected chi connectivity index (χ3v) is 6.09. The minimum absolute atomic E-state index is 0.0427. The maximum atomic E-state index is 12.7. The molecule has 6 heteroatoms. The van der Waals surface area contributed by atoms with Crippen LogP contribution in [0, 0.1) is 0 Å².